The van der Waals surface area contributed by atoms with E-state index in [9.17, 15) is 14.9 Å². The molecule has 0 fully saturated rings. The lowest BCUT2D eigenvalue weighted by Crippen LogP contribution is -2.26. The minimum absolute atomic E-state index is 0.131. The van der Waals surface area contributed by atoms with Gasteiger partial charge in [0.25, 0.3) is 5.91 Å². The SMILES string of the molecule is CCCCCNC(=O)c1ncccc1[N+](=O)[O-]. The second kappa shape index (κ2) is 6.57. The Balaban J connectivity index is 2.65. The van der Waals surface area contributed by atoms with Gasteiger partial charge in [-0.25, -0.2) is 4.98 Å². The zero-order valence-electron chi connectivity index (χ0n) is 9.68. The van der Waals surface area contributed by atoms with Gasteiger partial charge in [-0.1, -0.05) is 19.8 Å². The van der Waals surface area contributed by atoms with Crippen LogP contribution < -0.4 is 5.32 Å². The molecule has 1 heterocycles. The minimum atomic E-state index is -0.603. The number of unbranched alkanes of at least 4 members (excludes halogenated alkanes) is 2. The monoisotopic (exact) mass is 237 g/mol. The summed E-state index contributed by atoms with van der Waals surface area (Å²) in [5, 5.41) is 13.3. The highest BCUT2D eigenvalue weighted by atomic mass is 16.6. The molecule has 0 bridgehead atoms. The Bertz CT molecular complexity index is 407. The van der Waals surface area contributed by atoms with E-state index in [1.54, 1.807) is 0 Å². The minimum Gasteiger partial charge on any atom is -0.350 e. The number of hydrogen-bond acceptors (Lipinski definition) is 4. The van der Waals surface area contributed by atoms with Crippen LogP contribution in [0.25, 0.3) is 0 Å². The number of nitrogens with zero attached hydrogens (tertiary/aromatic N) is 2. The molecule has 0 radical (unpaired) electrons. The third-order valence-electron chi connectivity index (χ3n) is 2.26. The van der Waals surface area contributed by atoms with E-state index in [-0.39, 0.29) is 11.4 Å². The van der Waals surface area contributed by atoms with Crippen molar-refractivity contribution >= 4 is 11.6 Å². The van der Waals surface area contributed by atoms with E-state index in [4.69, 9.17) is 0 Å². The van der Waals surface area contributed by atoms with Crippen LogP contribution in [-0.4, -0.2) is 22.4 Å². The van der Waals surface area contributed by atoms with Crippen molar-refractivity contribution in [1.29, 1.82) is 0 Å². The van der Waals surface area contributed by atoms with Crippen molar-refractivity contribution in [1.82, 2.24) is 10.3 Å². The summed E-state index contributed by atoms with van der Waals surface area (Å²) in [7, 11) is 0. The van der Waals surface area contributed by atoms with Crippen molar-refractivity contribution in [2.24, 2.45) is 0 Å². The van der Waals surface area contributed by atoms with Crippen molar-refractivity contribution in [3.63, 3.8) is 0 Å². The molecule has 0 aliphatic heterocycles. The zero-order chi connectivity index (χ0) is 12.7. The quantitative estimate of drug-likeness (QED) is 0.465. The van der Waals surface area contributed by atoms with Gasteiger partial charge in [-0.05, 0) is 12.5 Å². The van der Waals surface area contributed by atoms with Crippen LogP contribution in [0.4, 0.5) is 5.69 Å². The molecular weight excluding hydrogens is 222 g/mol. The van der Waals surface area contributed by atoms with Gasteiger partial charge in [0.2, 0.25) is 5.69 Å². The predicted octanol–water partition coefficient (Wildman–Crippen LogP) is 1.91. The highest BCUT2D eigenvalue weighted by Gasteiger charge is 2.20. The molecule has 92 valence electrons. The Kier molecular flexibility index (Phi) is 5.06. The maximum atomic E-state index is 11.7. The molecule has 0 aliphatic rings. The summed E-state index contributed by atoms with van der Waals surface area (Å²) < 4.78 is 0. The molecule has 17 heavy (non-hydrogen) atoms. The lowest BCUT2D eigenvalue weighted by atomic mass is 10.2. The first-order valence-electron chi connectivity index (χ1n) is 5.54. The summed E-state index contributed by atoms with van der Waals surface area (Å²) in [5.41, 5.74) is -0.394. The molecule has 0 spiro atoms. The topological polar surface area (TPSA) is 85.1 Å². The third kappa shape index (κ3) is 3.82. The van der Waals surface area contributed by atoms with Crippen molar-refractivity contribution < 1.29 is 9.72 Å². The number of carbonyl (C=O) groups excluding carboxylic acids is 1. The molecule has 6 heteroatoms. The highest BCUT2D eigenvalue weighted by Crippen LogP contribution is 2.14. The summed E-state index contributed by atoms with van der Waals surface area (Å²) in [6.07, 6.45) is 4.31. The molecule has 0 saturated carbocycles. The van der Waals surface area contributed by atoms with E-state index >= 15 is 0 Å². The highest BCUT2D eigenvalue weighted by molar-refractivity contribution is 5.95. The van der Waals surface area contributed by atoms with Crippen LogP contribution >= 0.6 is 0 Å². The smallest absolute Gasteiger partial charge is 0.300 e. The first kappa shape index (κ1) is 13.1. The van der Waals surface area contributed by atoms with Gasteiger partial charge in [-0.2, -0.15) is 0 Å². The summed E-state index contributed by atoms with van der Waals surface area (Å²) in [6.45, 7) is 2.58. The number of amides is 1. The van der Waals surface area contributed by atoms with Crippen LogP contribution in [0.5, 0.6) is 0 Å². The van der Waals surface area contributed by atoms with Gasteiger partial charge in [-0.3, -0.25) is 14.9 Å². The normalized spacial score (nSPS) is 9.94. The molecule has 1 aromatic heterocycles. The Morgan fingerprint density at radius 2 is 2.29 bits per heavy atom. The van der Waals surface area contributed by atoms with Gasteiger partial charge in [0.05, 0.1) is 4.92 Å². The molecular formula is C11H15N3O3. The number of aromatic nitrogens is 1. The van der Waals surface area contributed by atoms with Gasteiger partial charge in [-0.15, -0.1) is 0 Å². The molecule has 1 N–H and O–H groups in total. The molecule has 0 atom stereocenters. The van der Waals surface area contributed by atoms with Crippen molar-refractivity contribution in [3.8, 4) is 0 Å². The maximum Gasteiger partial charge on any atom is 0.300 e. The fraction of sp³-hybridized carbons (Fsp3) is 0.455. The van der Waals surface area contributed by atoms with E-state index in [0.29, 0.717) is 6.54 Å². The molecule has 0 saturated heterocycles. The van der Waals surface area contributed by atoms with Gasteiger partial charge >= 0.3 is 5.69 Å². The Morgan fingerprint density at radius 1 is 1.53 bits per heavy atom. The zero-order valence-corrected chi connectivity index (χ0v) is 9.68. The molecule has 0 unspecified atom stereocenters. The predicted molar refractivity (Wildman–Crippen MR) is 62.7 cm³/mol. The van der Waals surface area contributed by atoms with Crippen LogP contribution in [0, 0.1) is 10.1 Å². The van der Waals surface area contributed by atoms with Crippen LogP contribution in [0.3, 0.4) is 0 Å². The van der Waals surface area contributed by atoms with E-state index in [1.807, 2.05) is 0 Å². The van der Waals surface area contributed by atoms with E-state index in [2.05, 4.69) is 17.2 Å². The Hall–Kier alpha value is -1.98. The largest absolute Gasteiger partial charge is 0.350 e. The molecule has 0 aromatic carbocycles. The number of rotatable bonds is 6. The fourth-order valence-electron chi connectivity index (χ4n) is 1.38. The lowest BCUT2D eigenvalue weighted by molar-refractivity contribution is -0.385. The van der Waals surface area contributed by atoms with E-state index in [1.165, 1.54) is 18.3 Å². The van der Waals surface area contributed by atoms with Crippen molar-refractivity contribution in [3.05, 3.63) is 34.1 Å². The standard InChI is InChI=1S/C11H15N3O3/c1-2-3-4-7-13-11(15)10-9(14(16)17)6-5-8-12-10/h5-6,8H,2-4,7H2,1H3,(H,13,15). The van der Waals surface area contributed by atoms with Crippen LogP contribution in [0.2, 0.25) is 0 Å². The summed E-state index contributed by atoms with van der Waals surface area (Å²) in [6, 6.07) is 2.71. The Morgan fingerprint density at radius 3 is 2.94 bits per heavy atom. The third-order valence-corrected chi connectivity index (χ3v) is 2.26. The molecule has 1 amide bonds. The van der Waals surface area contributed by atoms with E-state index in [0.717, 1.165) is 19.3 Å². The molecule has 1 rings (SSSR count). The second-order valence-corrected chi connectivity index (χ2v) is 3.59. The van der Waals surface area contributed by atoms with Gasteiger partial charge in [0.1, 0.15) is 0 Å². The first-order valence-corrected chi connectivity index (χ1v) is 5.54. The van der Waals surface area contributed by atoms with Crippen LogP contribution in [0.15, 0.2) is 18.3 Å². The number of pyridine rings is 1. The van der Waals surface area contributed by atoms with Crippen LogP contribution in [-0.2, 0) is 0 Å². The fourth-order valence-corrected chi connectivity index (χ4v) is 1.38. The lowest BCUT2D eigenvalue weighted by Gasteiger charge is -2.04. The molecule has 1 aromatic rings. The molecule has 6 nitrogen and oxygen atoms in total. The average Bonchev–Trinajstić information content (AvgIpc) is 2.34. The van der Waals surface area contributed by atoms with Gasteiger partial charge in [0.15, 0.2) is 0 Å². The Labute approximate surface area is 99.2 Å². The number of carbonyl (C=O) groups is 1. The number of nitrogens with one attached hydrogen (secondary N) is 1. The number of nitro groups is 1. The van der Waals surface area contributed by atoms with Crippen molar-refractivity contribution in [2.45, 2.75) is 26.2 Å². The van der Waals surface area contributed by atoms with Crippen LogP contribution in [0.1, 0.15) is 36.7 Å². The summed E-state index contributed by atoms with van der Waals surface area (Å²) in [4.78, 5) is 25.5. The summed E-state index contributed by atoms with van der Waals surface area (Å²) >= 11 is 0. The first-order chi connectivity index (χ1) is 8.16. The summed E-state index contributed by atoms with van der Waals surface area (Å²) in [5.74, 6) is -0.492. The maximum absolute atomic E-state index is 11.7. The van der Waals surface area contributed by atoms with Gasteiger partial charge in [0, 0.05) is 18.8 Å². The second-order valence-electron chi connectivity index (χ2n) is 3.59. The number of hydrogen-bond donors (Lipinski definition) is 1. The molecule has 0 aliphatic carbocycles. The average molecular weight is 237 g/mol. The van der Waals surface area contributed by atoms with Crippen molar-refractivity contribution in [2.75, 3.05) is 6.54 Å². The van der Waals surface area contributed by atoms with Gasteiger partial charge < -0.3 is 5.32 Å². The van der Waals surface area contributed by atoms with E-state index < -0.39 is 10.8 Å².